The van der Waals surface area contributed by atoms with Crippen molar-refractivity contribution in [2.24, 2.45) is 11.3 Å². The average molecular weight is 354 g/mol. The lowest BCUT2D eigenvalue weighted by molar-refractivity contribution is -0.130. The summed E-state index contributed by atoms with van der Waals surface area (Å²) >= 11 is 1.39. The fourth-order valence-corrected chi connectivity index (χ4v) is 3.74. The number of carbonyl (C=O) groups is 2. The third-order valence-electron chi connectivity index (χ3n) is 3.85. The first-order valence-corrected chi connectivity index (χ1v) is 8.93. The summed E-state index contributed by atoms with van der Waals surface area (Å²) in [5.74, 6) is -0.536. The predicted molar refractivity (Wildman–Crippen MR) is 92.9 cm³/mol. The van der Waals surface area contributed by atoms with E-state index in [0.29, 0.717) is 18.3 Å². The van der Waals surface area contributed by atoms with E-state index in [1.807, 2.05) is 6.92 Å². The Morgan fingerprint density at radius 1 is 1.46 bits per heavy atom. The number of aromatic nitrogens is 2. The molecule has 1 saturated heterocycles. The minimum Gasteiger partial charge on any atom is -0.383 e. The number of methoxy groups -OCH3 is 1. The minimum atomic E-state index is -0.355. The van der Waals surface area contributed by atoms with Gasteiger partial charge in [0, 0.05) is 26.5 Å². The Kier molecular flexibility index (Phi) is 5.92. The highest BCUT2D eigenvalue weighted by molar-refractivity contribution is 7.15. The van der Waals surface area contributed by atoms with Crippen molar-refractivity contribution in [3.8, 4) is 0 Å². The number of anilines is 1. The van der Waals surface area contributed by atoms with Gasteiger partial charge in [-0.05, 0) is 12.3 Å². The van der Waals surface area contributed by atoms with Gasteiger partial charge in [0.1, 0.15) is 5.01 Å². The molecule has 1 aromatic rings. The van der Waals surface area contributed by atoms with Gasteiger partial charge in [-0.25, -0.2) is 0 Å². The molecule has 134 valence electrons. The van der Waals surface area contributed by atoms with Gasteiger partial charge in [0.05, 0.1) is 18.6 Å². The molecule has 7 nitrogen and oxygen atoms in total. The van der Waals surface area contributed by atoms with E-state index in [4.69, 9.17) is 4.74 Å². The van der Waals surface area contributed by atoms with Crippen LogP contribution >= 0.6 is 11.3 Å². The molecule has 1 aliphatic heterocycles. The van der Waals surface area contributed by atoms with E-state index in [1.165, 1.54) is 11.3 Å². The standard InChI is InChI=1S/C16H26N4O3S/c1-10(9-23-5)20-8-11(6-13(20)21)14(22)17-15-19-18-12(24-15)7-16(2,3)4/h10-11H,6-9H2,1-5H3,(H,17,19,22)/t10-,11+/m1/s1. The number of hydrogen-bond donors (Lipinski definition) is 1. The smallest absolute Gasteiger partial charge is 0.231 e. The van der Waals surface area contributed by atoms with Crippen LogP contribution in [0.15, 0.2) is 0 Å². The van der Waals surface area contributed by atoms with Gasteiger partial charge in [-0.1, -0.05) is 32.1 Å². The van der Waals surface area contributed by atoms with Gasteiger partial charge in [-0.3, -0.25) is 9.59 Å². The number of ether oxygens (including phenoxy) is 1. The molecule has 0 unspecified atom stereocenters. The molecule has 1 aromatic heterocycles. The number of likely N-dealkylation sites (tertiary alicyclic amines) is 1. The number of rotatable bonds is 6. The third kappa shape index (κ3) is 4.98. The van der Waals surface area contributed by atoms with E-state index < -0.39 is 0 Å². The fourth-order valence-electron chi connectivity index (χ4n) is 2.70. The molecule has 0 aromatic carbocycles. The minimum absolute atomic E-state index is 0.00890. The van der Waals surface area contributed by atoms with Crippen molar-refractivity contribution in [1.29, 1.82) is 0 Å². The topological polar surface area (TPSA) is 84.4 Å². The third-order valence-corrected chi connectivity index (χ3v) is 4.69. The van der Waals surface area contributed by atoms with E-state index in [9.17, 15) is 9.59 Å². The lowest BCUT2D eigenvalue weighted by atomic mass is 9.93. The van der Waals surface area contributed by atoms with E-state index in [1.54, 1.807) is 12.0 Å². The SMILES string of the molecule is COC[C@@H](C)N1C[C@@H](C(=O)Nc2nnc(CC(C)(C)C)s2)CC1=O. The van der Waals surface area contributed by atoms with Gasteiger partial charge in [-0.15, -0.1) is 10.2 Å². The van der Waals surface area contributed by atoms with Crippen molar-refractivity contribution >= 4 is 28.3 Å². The molecule has 2 amide bonds. The number of nitrogens with zero attached hydrogens (tertiary/aromatic N) is 3. The van der Waals surface area contributed by atoms with Crippen LogP contribution in [0, 0.1) is 11.3 Å². The van der Waals surface area contributed by atoms with Crippen LogP contribution in [-0.2, 0) is 20.7 Å². The quantitative estimate of drug-likeness (QED) is 0.844. The molecule has 2 heterocycles. The molecule has 0 bridgehead atoms. The van der Waals surface area contributed by atoms with Crippen molar-refractivity contribution in [3.05, 3.63) is 5.01 Å². The summed E-state index contributed by atoms with van der Waals surface area (Å²) in [4.78, 5) is 26.2. The molecule has 0 saturated carbocycles. The molecule has 0 spiro atoms. The summed E-state index contributed by atoms with van der Waals surface area (Å²) in [5, 5.41) is 12.3. The first-order valence-electron chi connectivity index (χ1n) is 8.11. The van der Waals surface area contributed by atoms with Crippen LogP contribution in [0.5, 0.6) is 0 Å². The first kappa shape index (κ1) is 18.8. The molecule has 0 aliphatic carbocycles. The second-order valence-electron chi connectivity index (χ2n) is 7.48. The van der Waals surface area contributed by atoms with E-state index >= 15 is 0 Å². The molecule has 24 heavy (non-hydrogen) atoms. The van der Waals surface area contributed by atoms with Crippen molar-refractivity contribution in [3.63, 3.8) is 0 Å². The monoisotopic (exact) mass is 354 g/mol. The van der Waals surface area contributed by atoms with Crippen LogP contribution < -0.4 is 5.32 Å². The lowest BCUT2D eigenvalue weighted by Crippen LogP contribution is -2.38. The summed E-state index contributed by atoms with van der Waals surface area (Å²) in [7, 11) is 1.60. The van der Waals surface area contributed by atoms with Crippen molar-refractivity contribution in [2.45, 2.75) is 46.6 Å². The molecule has 1 N–H and O–H groups in total. The molecule has 2 rings (SSSR count). The Morgan fingerprint density at radius 3 is 2.79 bits per heavy atom. The van der Waals surface area contributed by atoms with Gasteiger partial charge in [0.15, 0.2) is 0 Å². The van der Waals surface area contributed by atoms with Gasteiger partial charge in [-0.2, -0.15) is 0 Å². The van der Waals surface area contributed by atoms with Crippen molar-refractivity contribution in [1.82, 2.24) is 15.1 Å². The number of nitrogens with one attached hydrogen (secondary N) is 1. The highest BCUT2D eigenvalue weighted by Crippen LogP contribution is 2.26. The van der Waals surface area contributed by atoms with E-state index in [2.05, 4.69) is 36.3 Å². The highest BCUT2D eigenvalue weighted by atomic mass is 32.1. The zero-order valence-corrected chi connectivity index (χ0v) is 15.8. The Balaban J connectivity index is 1.92. The van der Waals surface area contributed by atoms with Crippen LogP contribution in [0.3, 0.4) is 0 Å². The maximum Gasteiger partial charge on any atom is 0.231 e. The Labute approximate surface area is 146 Å². The second kappa shape index (κ2) is 7.57. The Morgan fingerprint density at radius 2 is 2.17 bits per heavy atom. The molecular weight excluding hydrogens is 328 g/mol. The number of amides is 2. The van der Waals surface area contributed by atoms with Crippen LogP contribution in [0.1, 0.15) is 39.1 Å². The van der Waals surface area contributed by atoms with E-state index in [-0.39, 0.29) is 35.6 Å². The summed E-state index contributed by atoms with van der Waals surface area (Å²) in [6.45, 7) is 9.20. The molecular formula is C16H26N4O3S. The van der Waals surface area contributed by atoms with Gasteiger partial charge in [0.25, 0.3) is 0 Å². The largest absolute Gasteiger partial charge is 0.383 e. The summed E-state index contributed by atoms with van der Waals surface area (Å²) in [5.41, 5.74) is 0.122. The number of carbonyl (C=O) groups excluding carboxylic acids is 2. The highest BCUT2D eigenvalue weighted by Gasteiger charge is 2.36. The van der Waals surface area contributed by atoms with Gasteiger partial charge in [0.2, 0.25) is 16.9 Å². The number of hydrogen-bond acceptors (Lipinski definition) is 6. The summed E-state index contributed by atoms with van der Waals surface area (Å²) in [6.07, 6.45) is 1.04. The lowest BCUT2D eigenvalue weighted by Gasteiger charge is -2.23. The molecule has 2 atom stereocenters. The van der Waals surface area contributed by atoms with Crippen LogP contribution in [0.4, 0.5) is 5.13 Å². The summed E-state index contributed by atoms with van der Waals surface area (Å²) < 4.78 is 5.09. The average Bonchev–Trinajstić information content (AvgIpc) is 3.04. The van der Waals surface area contributed by atoms with Gasteiger partial charge >= 0.3 is 0 Å². The van der Waals surface area contributed by atoms with Gasteiger partial charge < -0.3 is 15.0 Å². The predicted octanol–water partition coefficient (Wildman–Crippen LogP) is 1.95. The maximum atomic E-state index is 12.4. The molecule has 8 heteroatoms. The fraction of sp³-hybridized carbons (Fsp3) is 0.750. The van der Waals surface area contributed by atoms with Crippen LogP contribution in [0.25, 0.3) is 0 Å². The molecule has 1 fully saturated rings. The Bertz CT molecular complexity index is 596. The van der Waals surface area contributed by atoms with Crippen molar-refractivity contribution in [2.75, 3.05) is 25.6 Å². The maximum absolute atomic E-state index is 12.4. The van der Waals surface area contributed by atoms with Crippen LogP contribution in [-0.4, -0.2) is 53.2 Å². The Hall–Kier alpha value is -1.54. The first-order chi connectivity index (χ1) is 11.2. The molecule has 1 aliphatic rings. The molecule has 0 radical (unpaired) electrons. The summed E-state index contributed by atoms with van der Waals surface area (Å²) in [6, 6.07) is -0.0276. The van der Waals surface area contributed by atoms with E-state index in [0.717, 1.165) is 11.4 Å². The zero-order valence-electron chi connectivity index (χ0n) is 15.0. The van der Waals surface area contributed by atoms with Crippen molar-refractivity contribution < 1.29 is 14.3 Å². The normalized spacial score (nSPS) is 19.6. The second-order valence-corrected chi connectivity index (χ2v) is 8.54. The zero-order chi connectivity index (χ0) is 17.9. The van der Waals surface area contributed by atoms with Crippen LogP contribution in [0.2, 0.25) is 0 Å².